The summed E-state index contributed by atoms with van der Waals surface area (Å²) in [6.07, 6.45) is 10.6. The van der Waals surface area contributed by atoms with Crippen LogP contribution in [0, 0.1) is 5.92 Å². The van der Waals surface area contributed by atoms with E-state index in [1.807, 2.05) is 0 Å². The molecule has 0 spiro atoms. The molecule has 0 amide bonds. The molecule has 4 heteroatoms. The van der Waals surface area contributed by atoms with E-state index in [1.54, 1.807) is 0 Å². The van der Waals surface area contributed by atoms with Gasteiger partial charge >= 0.3 is 5.97 Å². The summed E-state index contributed by atoms with van der Waals surface area (Å²) in [5, 5.41) is 9.17. The number of hydrogen-bond acceptors (Lipinski definition) is 3. The minimum absolute atomic E-state index is 0.0890. The maximum Gasteiger partial charge on any atom is 0.373 e. The third kappa shape index (κ3) is 2.99. The van der Waals surface area contributed by atoms with Gasteiger partial charge in [0.15, 0.2) is 5.89 Å². The lowest BCUT2D eigenvalue weighted by Crippen LogP contribution is -2.03. The third-order valence-corrected chi connectivity index (χ3v) is 4.29. The molecule has 4 nitrogen and oxygen atoms in total. The van der Waals surface area contributed by atoms with Crippen LogP contribution < -0.4 is 0 Å². The molecule has 3 rings (SSSR count). The van der Waals surface area contributed by atoms with Crippen LogP contribution in [0.3, 0.4) is 0 Å². The van der Waals surface area contributed by atoms with Crippen molar-refractivity contribution in [1.29, 1.82) is 0 Å². The van der Waals surface area contributed by atoms with Gasteiger partial charge in [-0.3, -0.25) is 0 Å². The highest BCUT2D eigenvalue weighted by Crippen LogP contribution is 2.41. The maximum absolute atomic E-state index is 11.2. The van der Waals surface area contributed by atoms with Crippen LogP contribution in [-0.4, -0.2) is 16.1 Å². The van der Waals surface area contributed by atoms with E-state index in [0.717, 1.165) is 19.3 Å². The van der Waals surface area contributed by atoms with Crippen LogP contribution in [0.4, 0.5) is 0 Å². The van der Waals surface area contributed by atoms with Crippen LogP contribution in [0.25, 0.3) is 0 Å². The number of carbonyl (C=O) groups is 1. The van der Waals surface area contributed by atoms with E-state index in [1.165, 1.54) is 38.5 Å². The van der Waals surface area contributed by atoms with Crippen LogP contribution in [-0.2, 0) is 6.42 Å². The van der Waals surface area contributed by atoms with Gasteiger partial charge in [0.05, 0.1) is 5.69 Å². The Labute approximate surface area is 113 Å². The molecular formula is C15H21NO3. The van der Waals surface area contributed by atoms with Crippen LogP contribution >= 0.6 is 0 Å². The molecule has 2 aliphatic carbocycles. The molecule has 2 aliphatic rings. The third-order valence-electron chi connectivity index (χ3n) is 4.29. The Hall–Kier alpha value is -1.32. The largest absolute Gasteiger partial charge is 0.475 e. The van der Waals surface area contributed by atoms with E-state index in [-0.39, 0.29) is 5.76 Å². The first-order valence-corrected chi connectivity index (χ1v) is 7.47. The van der Waals surface area contributed by atoms with E-state index < -0.39 is 5.97 Å². The van der Waals surface area contributed by atoms with Gasteiger partial charge in [0.2, 0.25) is 5.76 Å². The summed E-state index contributed by atoms with van der Waals surface area (Å²) in [5.74, 6) is 0.714. The van der Waals surface area contributed by atoms with Gasteiger partial charge in [-0.2, -0.15) is 0 Å². The molecule has 0 aliphatic heterocycles. The molecule has 0 unspecified atom stereocenters. The molecule has 0 atom stereocenters. The number of hydrogen-bond donors (Lipinski definition) is 1. The predicted octanol–water partition coefficient (Wildman–Crippen LogP) is 3.76. The van der Waals surface area contributed by atoms with E-state index in [2.05, 4.69) is 4.98 Å². The van der Waals surface area contributed by atoms with Crippen molar-refractivity contribution in [3.63, 3.8) is 0 Å². The molecule has 2 fully saturated rings. The molecule has 0 aromatic carbocycles. The van der Waals surface area contributed by atoms with Crippen molar-refractivity contribution in [3.8, 4) is 0 Å². The SMILES string of the molecule is O=C(O)c1oc(CC2CCCCCC2)nc1C1CC1. The standard InChI is InChI=1S/C15H21NO3/c17-15(18)14-13(11-7-8-11)16-12(19-14)9-10-5-3-1-2-4-6-10/h10-11H,1-9H2,(H,17,18). The summed E-state index contributed by atoms with van der Waals surface area (Å²) in [6.45, 7) is 0. The molecule has 1 aromatic heterocycles. The van der Waals surface area contributed by atoms with Gasteiger partial charge in [-0.1, -0.05) is 25.7 Å². The molecule has 1 heterocycles. The van der Waals surface area contributed by atoms with E-state index in [4.69, 9.17) is 4.42 Å². The molecule has 1 N–H and O–H groups in total. The highest BCUT2D eigenvalue weighted by atomic mass is 16.4. The van der Waals surface area contributed by atoms with Crippen molar-refractivity contribution in [2.75, 3.05) is 0 Å². The number of aromatic nitrogens is 1. The summed E-state index contributed by atoms with van der Waals surface area (Å²) in [6, 6.07) is 0. The summed E-state index contributed by atoms with van der Waals surface area (Å²) in [5.41, 5.74) is 0.691. The van der Waals surface area contributed by atoms with Gasteiger partial charge in [0.1, 0.15) is 0 Å². The smallest absolute Gasteiger partial charge is 0.373 e. The molecule has 19 heavy (non-hydrogen) atoms. The Morgan fingerprint density at radius 1 is 1.16 bits per heavy atom. The Morgan fingerprint density at radius 2 is 1.84 bits per heavy atom. The normalized spacial score (nSPS) is 21.3. The lowest BCUT2D eigenvalue weighted by molar-refractivity contribution is 0.0658. The lowest BCUT2D eigenvalue weighted by atomic mass is 9.97. The Morgan fingerprint density at radius 3 is 2.42 bits per heavy atom. The Kier molecular flexibility index (Phi) is 3.58. The van der Waals surface area contributed by atoms with E-state index in [9.17, 15) is 9.90 Å². The first kappa shape index (κ1) is 12.7. The summed E-state index contributed by atoms with van der Waals surface area (Å²) < 4.78 is 5.51. The quantitative estimate of drug-likeness (QED) is 0.840. The fraction of sp³-hybridized carbons (Fsp3) is 0.733. The molecule has 104 valence electrons. The van der Waals surface area contributed by atoms with Crippen LogP contribution in [0.15, 0.2) is 4.42 Å². The average molecular weight is 263 g/mol. The summed E-state index contributed by atoms with van der Waals surface area (Å²) in [7, 11) is 0. The van der Waals surface area contributed by atoms with Crippen LogP contribution in [0.5, 0.6) is 0 Å². The van der Waals surface area contributed by atoms with Crippen molar-refractivity contribution in [2.24, 2.45) is 5.92 Å². The van der Waals surface area contributed by atoms with Crippen LogP contribution in [0.1, 0.15) is 79.4 Å². The van der Waals surface area contributed by atoms with Crippen molar-refractivity contribution in [3.05, 3.63) is 17.3 Å². The van der Waals surface area contributed by atoms with Gasteiger partial charge < -0.3 is 9.52 Å². The van der Waals surface area contributed by atoms with E-state index >= 15 is 0 Å². The fourth-order valence-electron chi connectivity index (χ4n) is 3.07. The second-order valence-electron chi connectivity index (χ2n) is 5.96. The first-order valence-electron chi connectivity index (χ1n) is 7.47. The number of aromatic carboxylic acids is 1. The molecule has 0 saturated heterocycles. The molecule has 1 aromatic rings. The minimum Gasteiger partial charge on any atom is -0.475 e. The highest BCUT2D eigenvalue weighted by molar-refractivity contribution is 5.85. The predicted molar refractivity (Wildman–Crippen MR) is 70.3 cm³/mol. The fourth-order valence-corrected chi connectivity index (χ4v) is 3.07. The van der Waals surface area contributed by atoms with Gasteiger partial charge in [-0.25, -0.2) is 9.78 Å². The van der Waals surface area contributed by atoms with Gasteiger partial charge in [-0.05, 0) is 31.6 Å². The highest BCUT2D eigenvalue weighted by Gasteiger charge is 2.33. The zero-order chi connectivity index (χ0) is 13.2. The number of oxazole rings is 1. The van der Waals surface area contributed by atoms with Crippen molar-refractivity contribution in [2.45, 2.75) is 63.7 Å². The summed E-state index contributed by atoms with van der Waals surface area (Å²) in [4.78, 5) is 15.7. The van der Waals surface area contributed by atoms with Crippen molar-refractivity contribution < 1.29 is 14.3 Å². The summed E-state index contributed by atoms with van der Waals surface area (Å²) >= 11 is 0. The number of carboxylic acid groups (broad SMARTS) is 1. The average Bonchev–Trinajstić information content (AvgIpc) is 3.16. The topological polar surface area (TPSA) is 63.3 Å². The van der Waals surface area contributed by atoms with Crippen molar-refractivity contribution in [1.82, 2.24) is 4.98 Å². The van der Waals surface area contributed by atoms with E-state index in [0.29, 0.717) is 23.4 Å². The minimum atomic E-state index is -0.971. The zero-order valence-electron chi connectivity index (χ0n) is 11.2. The second-order valence-corrected chi connectivity index (χ2v) is 5.96. The van der Waals surface area contributed by atoms with Crippen LogP contribution in [0.2, 0.25) is 0 Å². The van der Waals surface area contributed by atoms with Gasteiger partial charge in [0.25, 0.3) is 0 Å². The maximum atomic E-state index is 11.2. The monoisotopic (exact) mass is 263 g/mol. The number of rotatable bonds is 4. The number of nitrogens with zero attached hydrogens (tertiary/aromatic N) is 1. The van der Waals surface area contributed by atoms with Crippen molar-refractivity contribution >= 4 is 5.97 Å². The molecule has 2 saturated carbocycles. The number of carboxylic acids is 1. The molecule has 0 radical (unpaired) electrons. The van der Waals surface area contributed by atoms with Gasteiger partial charge in [-0.15, -0.1) is 0 Å². The molecular weight excluding hydrogens is 242 g/mol. The molecule has 0 bridgehead atoms. The second kappa shape index (κ2) is 5.35. The Bertz CT molecular complexity index is 454. The Balaban J connectivity index is 1.73. The zero-order valence-corrected chi connectivity index (χ0v) is 11.2. The van der Waals surface area contributed by atoms with Gasteiger partial charge in [0, 0.05) is 12.3 Å². The lowest BCUT2D eigenvalue weighted by Gasteiger charge is -2.10. The first-order chi connectivity index (χ1) is 9.24.